The van der Waals surface area contributed by atoms with Crippen molar-refractivity contribution in [3.63, 3.8) is 0 Å². The number of hydrogen-bond acceptors (Lipinski definition) is 5. The first kappa shape index (κ1) is 22.2. The van der Waals surface area contributed by atoms with Gasteiger partial charge in [0.15, 0.2) is 0 Å². The molecule has 0 fully saturated rings. The molecule has 0 aliphatic carbocycles. The maximum atomic E-state index is 12.6. The van der Waals surface area contributed by atoms with E-state index in [0.29, 0.717) is 23.0 Å². The summed E-state index contributed by atoms with van der Waals surface area (Å²) in [5.74, 6) is -0.560. The molecule has 0 spiro atoms. The first-order chi connectivity index (χ1) is 16.9. The Balaban J connectivity index is 1.59. The van der Waals surface area contributed by atoms with Gasteiger partial charge in [-0.1, -0.05) is 42.0 Å². The standard InChI is InChI=1S/C27H23N5O3/c1-17-4-3-5-21(12-17)25-14-24(20-10-11-23-22(13-20)27(34)31(2)16-28-23)29-32(25)15-18-6-8-19(9-7-18)26(33)30-35/h3-14,16,35H,15H2,1-2H3,(H,30,33). The lowest BCUT2D eigenvalue weighted by molar-refractivity contribution is 0.0706. The lowest BCUT2D eigenvalue weighted by Crippen LogP contribution is -2.18. The van der Waals surface area contributed by atoms with Crippen molar-refractivity contribution in [2.24, 2.45) is 7.05 Å². The Hall–Kier alpha value is -4.56. The van der Waals surface area contributed by atoms with Crippen LogP contribution >= 0.6 is 0 Å². The van der Waals surface area contributed by atoms with E-state index in [0.717, 1.165) is 33.6 Å². The van der Waals surface area contributed by atoms with Crippen molar-refractivity contribution in [2.45, 2.75) is 13.5 Å². The van der Waals surface area contributed by atoms with Crippen LogP contribution in [0.2, 0.25) is 0 Å². The lowest BCUT2D eigenvalue weighted by atomic mass is 10.1. The van der Waals surface area contributed by atoms with Crippen LogP contribution < -0.4 is 11.0 Å². The van der Waals surface area contributed by atoms with Gasteiger partial charge in [-0.25, -0.2) is 10.5 Å². The largest absolute Gasteiger partial charge is 0.302 e. The summed E-state index contributed by atoms with van der Waals surface area (Å²) in [6.07, 6.45) is 1.52. The van der Waals surface area contributed by atoms with E-state index in [-0.39, 0.29) is 5.56 Å². The molecule has 0 unspecified atom stereocenters. The summed E-state index contributed by atoms with van der Waals surface area (Å²) in [6, 6.07) is 22.8. The van der Waals surface area contributed by atoms with Crippen molar-refractivity contribution in [1.82, 2.24) is 24.8 Å². The molecule has 174 valence electrons. The fourth-order valence-corrected chi connectivity index (χ4v) is 4.08. The lowest BCUT2D eigenvalue weighted by Gasteiger charge is -2.09. The number of carbonyl (C=O) groups is 1. The van der Waals surface area contributed by atoms with Gasteiger partial charge in [0.05, 0.1) is 35.2 Å². The number of hydroxylamine groups is 1. The summed E-state index contributed by atoms with van der Waals surface area (Å²) < 4.78 is 3.38. The summed E-state index contributed by atoms with van der Waals surface area (Å²) in [5.41, 5.74) is 8.14. The van der Waals surface area contributed by atoms with Crippen LogP contribution in [0.1, 0.15) is 21.5 Å². The molecule has 8 heteroatoms. The predicted molar refractivity (Wildman–Crippen MR) is 133 cm³/mol. The minimum absolute atomic E-state index is 0.109. The zero-order chi connectivity index (χ0) is 24.5. The molecule has 0 saturated carbocycles. The number of fused-ring (bicyclic) bond motifs is 1. The van der Waals surface area contributed by atoms with E-state index >= 15 is 0 Å². The smallest absolute Gasteiger partial charge is 0.274 e. The highest BCUT2D eigenvalue weighted by molar-refractivity contribution is 5.93. The third kappa shape index (κ3) is 4.34. The van der Waals surface area contributed by atoms with E-state index in [2.05, 4.69) is 11.1 Å². The van der Waals surface area contributed by atoms with E-state index < -0.39 is 5.91 Å². The minimum Gasteiger partial charge on any atom is -0.302 e. The molecular formula is C27H23N5O3. The zero-order valence-electron chi connectivity index (χ0n) is 19.3. The van der Waals surface area contributed by atoms with Gasteiger partial charge in [-0.3, -0.25) is 19.5 Å². The summed E-state index contributed by atoms with van der Waals surface area (Å²) in [4.78, 5) is 28.6. The highest BCUT2D eigenvalue weighted by Crippen LogP contribution is 2.28. The predicted octanol–water partition coefficient (Wildman–Crippen LogP) is 3.94. The fourth-order valence-electron chi connectivity index (χ4n) is 4.08. The van der Waals surface area contributed by atoms with Crippen molar-refractivity contribution in [3.05, 3.63) is 106 Å². The number of aromatic nitrogens is 4. The van der Waals surface area contributed by atoms with Crippen LogP contribution in [0.25, 0.3) is 33.4 Å². The number of nitrogens with one attached hydrogen (secondary N) is 1. The van der Waals surface area contributed by atoms with Gasteiger partial charge >= 0.3 is 0 Å². The SMILES string of the molecule is Cc1cccc(-c2cc(-c3ccc4ncn(C)c(=O)c4c3)nn2Cc2ccc(C(=O)NO)cc2)c1. The number of nitrogens with zero attached hydrogens (tertiary/aromatic N) is 4. The summed E-state index contributed by atoms with van der Waals surface area (Å²) in [7, 11) is 1.68. The molecule has 2 aromatic heterocycles. The molecule has 0 aliphatic rings. The summed E-state index contributed by atoms with van der Waals surface area (Å²) in [6.45, 7) is 2.52. The third-order valence-corrected chi connectivity index (χ3v) is 5.96. The van der Waals surface area contributed by atoms with Gasteiger partial charge in [0.2, 0.25) is 0 Å². The van der Waals surface area contributed by atoms with E-state index in [9.17, 15) is 9.59 Å². The Morgan fingerprint density at radius 3 is 2.54 bits per heavy atom. The van der Waals surface area contributed by atoms with E-state index in [4.69, 9.17) is 10.3 Å². The Morgan fingerprint density at radius 1 is 1.00 bits per heavy atom. The van der Waals surface area contributed by atoms with Gasteiger partial charge in [0.1, 0.15) is 0 Å². The van der Waals surface area contributed by atoms with Crippen molar-refractivity contribution >= 4 is 16.8 Å². The monoisotopic (exact) mass is 465 g/mol. The highest BCUT2D eigenvalue weighted by atomic mass is 16.5. The van der Waals surface area contributed by atoms with Gasteiger partial charge < -0.3 is 4.57 Å². The maximum absolute atomic E-state index is 12.6. The van der Waals surface area contributed by atoms with Gasteiger partial charge in [-0.15, -0.1) is 0 Å². The first-order valence-electron chi connectivity index (χ1n) is 11.1. The topological polar surface area (TPSA) is 102 Å². The number of rotatable bonds is 5. The third-order valence-electron chi connectivity index (χ3n) is 5.96. The first-order valence-corrected chi connectivity index (χ1v) is 11.1. The molecule has 0 aliphatic heterocycles. The van der Waals surface area contributed by atoms with Crippen molar-refractivity contribution in [1.29, 1.82) is 0 Å². The van der Waals surface area contributed by atoms with Crippen molar-refractivity contribution in [3.8, 4) is 22.5 Å². The van der Waals surface area contributed by atoms with Gasteiger partial charge in [-0.2, -0.15) is 5.10 Å². The molecule has 2 N–H and O–H groups in total. The number of amides is 1. The van der Waals surface area contributed by atoms with Crippen LogP contribution in [-0.2, 0) is 13.6 Å². The number of benzene rings is 3. The maximum Gasteiger partial charge on any atom is 0.274 e. The second-order valence-electron chi connectivity index (χ2n) is 8.47. The molecule has 0 saturated heterocycles. The average Bonchev–Trinajstić information content (AvgIpc) is 3.30. The van der Waals surface area contributed by atoms with E-state index in [1.165, 1.54) is 10.9 Å². The minimum atomic E-state index is -0.560. The second kappa shape index (κ2) is 9.00. The molecule has 5 aromatic rings. The molecule has 2 heterocycles. The van der Waals surface area contributed by atoms with E-state index in [1.54, 1.807) is 24.7 Å². The number of hydrogen-bond donors (Lipinski definition) is 2. The van der Waals surface area contributed by atoms with Crippen molar-refractivity contribution < 1.29 is 10.0 Å². The van der Waals surface area contributed by atoms with Crippen LogP contribution in [0.5, 0.6) is 0 Å². The molecule has 5 rings (SSSR count). The van der Waals surface area contributed by atoms with Crippen LogP contribution in [0, 0.1) is 6.92 Å². The summed E-state index contributed by atoms with van der Waals surface area (Å²) in [5, 5.41) is 14.3. The molecule has 0 radical (unpaired) electrons. The van der Waals surface area contributed by atoms with Crippen LogP contribution in [-0.4, -0.2) is 30.4 Å². The normalized spacial score (nSPS) is 11.1. The molecular weight excluding hydrogens is 442 g/mol. The molecule has 3 aromatic carbocycles. The van der Waals surface area contributed by atoms with Gasteiger partial charge in [0, 0.05) is 23.7 Å². The Labute approximate surface area is 201 Å². The quantitative estimate of drug-likeness (QED) is 0.302. The van der Waals surface area contributed by atoms with Gasteiger partial charge in [0.25, 0.3) is 11.5 Å². The Kier molecular flexibility index (Phi) is 5.72. The molecule has 1 amide bonds. The highest BCUT2D eigenvalue weighted by Gasteiger charge is 2.14. The van der Waals surface area contributed by atoms with E-state index in [1.807, 2.05) is 66.2 Å². The van der Waals surface area contributed by atoms with Gasteiger partial charge in [-0.05, 0) is 48.9 Å². The van der Waals surface area contributed by atoms with Crippen LogP contribution in [0.3, 0.4) is 0 Å². The average molecular weight is 466 g/mol. The molecule has 0 atom stereocenters. The molecule has 0 bridgehead atoms. The van der Waals surface area contributed by atoms with Crippen molar-refractivity contribution in [2.75, 3.05) is 0 Å². The molecule has 8 nitrogen and oxygen atoms in total. The van der Waals surface area contributed by atoms with Crippen LogP contribution in [0.4, 0.5) is 0 Å². The number of aryl methyl sites for hydroxylation is 2. The summed E-state index contributed by atoms with van der Waals surface area (Å²) >= 11 is 0. The second-order valence-corrected chi connectivity index (χ2v) is 8.47. The zero-order valence-corrected chi connectivity index (χ0v) is 19.3. The van der Waals surface area contributed by atoms with Crippen LogP contribution in [0.15, 0.2) is 83.9 Å². The fraction of sp³-hybridized carbons (Fsp3) is 0.111. The Morgan fingerprint density at radius 2 is 1.80 bits per heavy atom. The molecule has 35 heavy (non-hydrogen) atoms. The number of carbonyl (C=O) groups excluding carboxylic acids is 1. The Bertz CT molecular complexity index is 1620.